The second-order valence-electron chi connectivity index (χ2n) is 6.48. The van der Waals surface area contributed by atoms with Crippen molar-refractivity contribution < 1.29 is 4.52 Å². The van der Waals surface area contributed by atoms with Gasteiger partial charge < -0.3 is 4.52 Å². The summed E-state index contributed by atoms with van der Waals surface area (Å²) in [4.78, 5) is 11.7. The largest absolute Gasteiger partial charge is 0.337 e. The number of fused-ring (bicyclic) bond motifs is 1. The zero-order valence-corrected chi connectivity index (χ0v) is 14.4. The Morgan fingerprint density at radius 1 is 1.29 bits per heavy atom. The maximum absolute atomic E-state index is 5.59. The molecule has 24 heavy (non-hydrogen) atoms. The molecule has 0 aliphatic carbocycles. The van der Waals surface area contributed by atoms with Crippen molar-refractivity contribution in [2.75, 3.05) is 13.1 Å². The van der Waals surface area contributed by atoms with Crippen LogP contribution in [0, 0.1) is 13.8 Å². The molecule has 1 atom stereocenters. The molecule has 0 amide bonds. The first-order valence-electron chi connectivity index (χ1n) is 8.57. The fourth-order valence-corrected chi connectivity index (χ4v) is 3.57. The number of rotatable bonds is 4. The van der Waals surface area contributed by atoms with Gasteiger partial charge in [-0.25, -0.2) is 9.50 Å². The summed E-state index contributed by atoms with van der Waals surface area (Å²) in [5, 5.41) is 8.61. The molecule has 0 N–H and O–H groups in total. The zero-order chi connectivity index (χ0) is 16.7. The first kappa shape index (κ1) is 15.3. The molecule has 4 heterocycles. The average Bonchev–Trinajstić information content (AvgIpc) is 3.24. The van der Waals surface area contributed by atoms with E-state index in [0.29, 0.717) is 11.7 Å². The van der Waals surface area contributed by atoms with Gasteiger partial charge in [0, 0.05) is 11.4 Å². The normalized spacial score (nSPS) is 18.7. The molecule has 4 rings (SSSR count). The lowest BCUT2D eigenvalue weighted by Gasteiger charge is -2.20. The molecule has 0 aromatic carbocycles. The van der Waals surface area contributed by atoms with Crippen molar-refractivity contribution in [3.05, 3.63) is 29.5 Å². The van der Waals surface area contributed by atoms with Gasteiger partial charge in [-0.05, 0) is 52.3 Å². The van der Waals surface area contributed by atoms with Crippen LogP contribution in [0.15, 0.2) is 16.8 Å². The Kier molecular flexibility index (Phi) is 3.80. The highest BCUT2D eigenvalue weighted by molar-refractivity contribution is 5.72. The van der Waals surface area contributed by atoms with E-state index in [1.807, 2.05) is 24.4 Å². The van der Waals surface area contributed by atoms with Crippen molar-refractivity contribution in [1.82, 2.24) is 29.6 Å². The predicted molar refractivity (Wildman–Crippen MR) is 89.6 cm³/mol. The second kappa shape index (κ2) is 5.98. The summed E-state index contributed by atoms with van der Waals surface area (Å²) in [7, 11) is 0. The zero-order valence-electron chi connectivity index (χ0n) is 14.4. The van der Waals surface area contributed by atoms with Crippen molar-refractivity contribution in [3.63, 3.8) is 0 Å². The summed E-state index contributed by atoms with van der Waals surface area (Å²) < 4.78 is 7.41. The lowest BCUT2D eigenvalue weighted by Crippen LogP contribution is -2.24. The Labute approximate surface area is 140 Å². The summed E-state index contributed by atoms with van der Waals surface area (Å²) in [6.07, 6.45) is 5.15. The summed E-state index contributed by atoms with van der Waals surface area (Å²) in [5.74, 6) is 1.28. The minimum atomic E-state index is 0.240. The molecule has 0 bridgehead atoms. The molecule has 1 aliphatic heterocycles. The van der Waals surface area contributed by atoms with Crippen LogP contribution in [-0.4, -0.2) is 42.7 Å². The topological polar surface area (TPSA) is 72.4 Å². The van der Waals surface area contributed by atoms with Gasteiger partial charge in [-0.2, -0.15) is 10.1 Å². The summed E-state index contributed by atoms with van der Waals surface area (Å²) >= 11 is 0. The van der Waals surface area contributed by atoms with Crippen LogP contribution in [0.4, 0.5) is 0 Å². The van der Waals surface area contributed by atoms with Gasteiger partial charge in [-0.1, -0.05) is 12.1 Å². The highest BCUT2D eigenvalue weighted by atomic mass is 16.5. The Hall–Kier alpha value is -2.28. The molecule has 1 aliphatic rings. The van der Waals surface area contributed by atoms with Gasteiger partial charge >= 0.3 is 0 Å². The number of hydrogen-bond acceptors (Lipinski definition) is 6. The molecule has 126 valence electrons. The van der Waals surface area contributed by atoms with Crippen molar-refractivity contribution in [2.24, 2.45) is 0 Å². The van der Waals surface area contributed by atoms with E-state index in [9.17, 15) is 0 Å². The molecule has 7 heteroatoms. The van der Waals surface area contributed by atoms with Gasteiger partial charge in [0.2, 0.25) is 11.7 Å². The van der Waals surface area contributed by atoms with Crippen molar-refractivity contribution in [2.45, 2.75) is 46.1 Å². The SMILES string of the molecule is CCCN1CCCC1c1nc(-c2cnn3c(C)cc(C)nc23)no1. The smallest absolute Gasteiger partial charge is 0.244 e. The fraction of sp³-hybridized carbons (Fsp3) is 0.529. The number of nitrogens with zero attached hydrogens (tertiary/aromatic N) is 6. The Bertz CT molecular complexity index is 867. The van der Waals surface area contributed by atoms with Crippen molar-refractivity contribution >= 4 is 5.65 Å². The maximum Gasteiger partial charge on any atom is 0.244 e. The first-order valence-corrected chi connectivity index (χ1v) is 8.57. The van der Waals surface area contributed by atoms with Crippen LogP contribution < -0.4 is 0 Å². The van der Waals surface area contributed by atoms with E-state index in [-0.39, 0.29) is 6.04 Å². The molecule has 0 saturated carbocycles. The highest BCUT2D eigenvalue weighted by Gasteiger charge is 2.30. The lowest BCUT2D eigenvalue weighted by atomic mass is 10.2. The van der Waals surface area contributed by atoms with Crippen LogP contribution in [-0.2, 0) is 0 Å². The molecule has 0 spiro atoms. The third-order valence-electron chi connectivity index (χ3n) is 4.62. The first-order chi connectivity index (χ1) is 11.7. The maximum atomic E-state index is 5.59. The molecule has 1 unspecified atom stereocenters. The van der Waals surface area contributed by atoms with E-state index in [2.05, 4.69) is 32.0 Å². The molecule has 1 saturated heterocycles. The minimum Gasteiger partial charge on any atom is -0.337 e. The monoisotopic (exact) mass is 326 g/mol. The van der Waals surface area contributed by atoms with E-state index < -0.39 is 0 Å². The minimum absolute atomic E-state index is 0.240. The molecule has 3 aromatic heterocycles. The van der Waals surface area contributed by atoms with Gasteiger partial charge in [0.1, 0.15) is 0 Å². The van der Waals surface area contributed by atoms with Crippen LogP contribution in [0.25, 0.3) is 17.0 Å². The molecule has 3 aromatic rings. The Morgan fingerprint density at radius 3 is 3.00 bits per heavy atom. The van der Waals surface area contributed by atoms with E-state index in [1.54, 1.807) is 6.20 Å². The molecule has 0 radical (unpaired) electrons. The number of aromatic nitrogens is 5. The highest BCUT2D eigenvalue weighted by Crippen LogP contribution is 2.32. The lowest BCUT2D eigenvalue weighted by molar-refractivity contribution is 0.208. The van der Waals surface area contributed by atoms with E-state index in [4.69, 9.17) is 4.52 Å². The average molecular weight is 326 g/mol. The third kappa shape index (κ3) is 2.49. The third-order valence-corrected chi connectivity index (χ3v) is 4.62. The van der Waals surface area contributed by atoms with Gasteiger partial charge in [0.15, 0.2) is 5.65 Å². The van der Waals surface area contributed by atoms with Crippen LogP contribution in [0.5, 0.6) is 0 Å². The summed E-state index contributed by atoms with van der Waals surface area (Å²) in [6.45, 7) is 8.36. The standard InChI is InChI=1S/C17H22N6O/c1-4-7-22-8-5-6-14(22)17-20-15(21-24-17)13-10-18-23-12(3)9-11(2)19-16(13)23/h9-10,14H,4-8H2,1-3H3. The van der Waals surface area contributed by atoms with E-state index in [0.717, 1.165) is 48.5 Å². The number of hydrogen-bond donors (Lipinski definition) is 0. The molecule has 1 fully saturated rings. The van der Waals surface area contributed by atoms with Crippen molar-refractivity contribution in [1.29, 1.82) is 0 Å². The van der Waals surface area contributed by atoms with E-state index >= 15 is 0 Å². The Morgan fingerprint density at radius 2 is 2.17 bits per heavy atom. The van der Waals surface area contributed by atoms with Gasteiger partial charge in [0.05, 0.1) is 17.8 Å². The number of aryl methyl sites for hydroxylation is 2. The fourth-order valence-electron chi connectivity index (χ4n) is 3.57. The van der Waals surface area contributed by atoms with Gasteiger partial charge in [-0.3, -0.25) is 4.90 Å². The van der Waals surface area contributed by atoms with Gasteiger partial charge in [0.25, 0.3) is 0 Å². The second-order valence-corrected chi connectivity index (χ2v) is 6.48. The quantitative estimate of drug-likeness (QED) is 0.734. The summed E-state index contributed by atoms with van der Waals surface area (Å²) in [5.41, 5.74) is 3.58. The summed E-state index contributed by atoms with van der Waals surface area (Å²) in [6, 6.07) is 2.25. The van der Waals surface area contributed by atoms with Crippen LogP contribution in [0.3, 0.4) is 0 Å². The van der Waals surface area contributed by atoms with Crippen LogP contribution in [0.1, 0.15) is 49.5 Å². The molecular formula is C17H22N6O. The van der Waals surface area contributed by atoms with Crippen LogP contribution >= 0.6 is 0 Å². The molecule has 7 nitrogen and oxygen atoms in total. The van der Waals surface area contributed by atoms with E-state index in [1.165, 1.54) is 6.42 Å². The Balaban J connectivity index is 1.71. The van der Waals surface area contributed by atoms with Crippen molar-refractivity contribution in [3.8, 4) is 11.4 Å². The van der Waals surface area contributed by atoms with Gasteiger partial charge in [-0.15, -0.1) is 0 Å². The predicted octanol–water partition coefficient (Wildman–Crippen LogP) is 2.94. The molecular weight excluding hydrogens is 304 g/mol. The van der Waals surface area contributed by atoms with Crippen LogP contribution in [0.2, 0.25) is 0 Å². The number of likely N-dealkylation sites (tertiary alicyclic amines) is 1.